The van der Waals surface area contributed by atoms with E-state index in [1.54, 1.807) is 0 Å². The summed E-state index contributed by atoms with van der Waals surface area (Å²) in [5, 5.41) is 12.6. The van der Waals surface area contributed by atoms with Crippen molar-refractivity contribution in [3.63, 3.8) is 0 Å². The minimum atomic E-state index is 0.196. The fraction of sp³-hybridized carbons (Fsp3) is 0.600. The van der Waals surface area contributed by atoms with Gasteiger partial charge < -0.3 is 10.1 Å². The summed E-state index contributed by atoms with van der Waals surface area (Å²) in [6, 6.07) is 4.45. The molecule has 2 unspecified atom stereocenters. The zero-order chi connectivity index (χ0) is 13.2. The van der Waals surface area contributed by atoms with Crippen LogP contribution in [0, 0.1) is 11.3 Å². The number of anilines is 1. The molecule has 3 rings (SSSR count). The fourth-order valence-electron chi connectivity index (χ4n) is 2.97. The summed E-state index contributed by atoms with van der Waals surface area (Å²) in [6.07, 6.45) is 5.68. The smallest absolute Gasteiger partial charge is 0.144 e. The van der Waals surface area contributed by atoms with E-state index in [4.69, 9.17) is 4.74 Å². The second-order valence-corrected chi connectivity index (χ2v) is 5.44. The lowest BCUT2D eigenvalue weighted by Crippen LogP contribution is -2.30. The van der Waals surface area contributed by atoms with Crippen molar-refractivity contribution < 1.29 is 4.74 Å². The summed E-state index contributed by atoms with van der Waals surface area (Å²) in [6.45, 7) is 2.95. The first-order chi connectivity index (χ1) is 9.28. The van der Waals surface area contributed by atoms with Gasteiger partial charge in [0.2, 0.25) is 0 Å². The highest BCUT2D eigenvalue weighted by Gasteiger charge is 2.24. The Morgan fingerprint density at radius 2 is 2.37 bits per heavy atom. The van der Waals surface area contributed by atoms with Gasteiger partial charge in [0.15, 0.2) is 0 Å². The summed E-state index contributed by atoms with van der Waals surface area (Å²) in [5.41, 5.74) is 3.05. The third-order valence-corrected chi connectivity index (χ3v) is 4.06. The molecule has 1 fully saturated rings. The highest BCUT2D eigenvalue weighted by atomic mass is 16.5. The number of rotatable bonds is 3. The molecule has 1 aromatic rings. The van der Waals surface area contributed by atoms with Gasteiger partial charge >= 0.3 is 0 Å². The van der Waals surface area contributed by atoms with E-state index in [2.05, 4.69) is 23.3 Å². The van der Waals surface area contributed by atoms with Gasteiger partial charge in [-0.3, -0.25) is 0 Å². The number of fused-ring (bicyclic) bond motifs is 1. The molecule has 0 bridgehead atoms. The van der Waals surface area contributed by atoms with E-state index >= 15 is 0 Å². The summed E-state index contributed by atoms with van der Waals surface area (Å²) in [5.74, 6) is 0.728. The highest BCUT2D eigenvalue weighted by Crippen LogP contribution is 2.26. The number of nitrogens with one attached hydrogen (secondary N) is 1. The number of aryl methyl sites for hydroxylation is 2. The van der Waals surface area contributed by atoms with Gasteiger partial charge in [-0.05, 0) is 50.7 Å². The van der Waals surface area contributed by atoms with Gasteiger partial charge in [0, 0.05) is 12.3 Å². The lowest BCUT2D eigenvalue weighted by atomic mass is 10.1. The maximum atomic E-state index is 9.27. The van der Waals surface area contributed by atoms with Crippen LogP contribution in [0.3, 0.4) is 0 Å². The van der Waals surface area contributed by atoms with E-state index in [0.29, 0.717) is 5.56 Å². The first kappa shape index (κ1) is 12.4. The van der Waals surface area contributed by atoms with Crippen LogP contribution in [0.2, 0.25) is 0 Å². The second kappa shape index (κ2) is 5.18. The molecule has 2 atom stereocenters. The number of hydrogen-bond donors (Lipinski definition) is 1. The van der Waals surface area contributed by atoms with Crippen molar-refractivity contribution in [3.05, 3.63) is 22.9 Å². The third kappa shape index (κ3) is 2.43. The van der Waals surface area contributed by atoms with Crippen LogP contribution in [0.1, 0.15) is 43.0 Å². The molecule has 0 saturated carbocycles. The topological polar surface area (TPSA) is 57.9 Å². The van der Waals surface area contributed by atoms with Crippen molar-refractivity contribution in [2.45, 2.75) is 51.2 Å². The third-order valence-electron chi connectivity index (χ3n) is 4.06. The maximum absolute atomic E-state index is 9.27. The van der Waals surface area contributed by atoms with E-state index in [1.165, 1.54) is 5.56 Å². The molecular formula is C15H19N3O. The van der Waals surface area contributed by atoms with E-state index in [-0.39, 0.29) is 12.1 Å². The molecule has 1 aromatic heterocycles. The zero-order valence-electron chi connectivity index (χ0n) is 11.3. The average molecular weight is 257 g/mol. The first-order valence-electron chi connectivity index (χ1n) is 7.09. The van der Waals surface area contributed by atoms with Crippen LogP contribution < -0.4 is 5.32 Å². The van der Waals surface area contributed by atoms with Gasteiger partial charge in [-0.25, -0.2) is 4.98 Å². The van der Waals surface area contributed by atoms with Crippen molar-refractivity contribution in [2.75, 3.05) is 11.9 Å². The Hall–Kier alpha value is -1.60. The Balaban J connectivity index is 1.81. The Morgan fingerprint density at radius 1 is 1.47 bits per heavy atom. The molecule has 1 aliphatic carbocycles. The number of nitrogens with zero attached hydrogens (tertiary/aromatic N) is 2. The number of hydrogen-bond acceptors (Lipinski definition) is 4. The molecule has 0 spiro atoms. The maximum Gasteiger partial charge on any atom is 0.144 e. The number of pyridine rings is 1. The number of ether oxygens (including phenoxy) is 1. The van der Waals surface area contributed by atoms with Crippen LogP contribution in [0.25, 0.3) is 0 Å². The summed E-state index contributed by atoms with van der Waals surface area (Å²) >= 11 is 0. The van der Waals surface area contributed by atoms with Crippen LogP contribution in [0.4, 0.5) is 5.82 Å². The SMILES string of the molecule is CC(Nc1nc2c(cc1C#N)CCC2)C1CCCO1. The molecule has 4 heteroatoms. The molecular weight excluding hydrogens is 238 g/mol. The van der Waals surface area contributed by atoms with E-state index in [1.807, 2.05) is 6.07 Å². The lowest BCUT2D eigenvalue weighted by Gasteiger charge is -2.21. The van der Waals surface area contributed by atoms with Crippen molar-refractivity contribution in [2.24, 2.45) is 0 Å². The monoisotopic (exact) mass is 257 g/mol. The quantitative estimate of drug-likeness (QED) is 0.903. The van der Waals surface area contributed by atoms with Crippen LogP contribution >= 0.6 is 0 Å². The van der Waals surface area contributed by atoms with Gasteiger partial charge in [-0.15, -0.1) is 0 Å². The predicted molar refractivity (Wildman–Crippen MR) is 73.0 cm³/mol. The van der Waals surface area contributed by atoms with Crippen LogP contribution in [0.15, 0.2) is 6.07 Å². The fourth-order valence-corrected chi connectivity index (χ4v) is 2.97. The molecule has 1 saturated heterocycles. The molecule has 19 heavy (non-hydrogen) atoms. The van der Waals surface area contributed by atoms with E-state index < -0.39 is 0 Å². The van der Waals surface area contributed by atoms with Crippen molar-refractivity contribution >= 4 is 5.82 Å². The van der Waals surface area contributed by atoms with Gasteiger partial charge in [-0.2, -0.15) is 5.26 Å². The van der Waals surface area contributed by atoms with Gasteiger partial charge in [0.25, 0.3) is 0 Å². The summed E-state index contributed by atoms with van der Waals surface area (Å²) in [7, 11) is 0. The summed E-state index contributed by atoms with van der Waals surface area (Å²) in [4.78, 5) is 4.65. The normalized spacial score (nSPS) is 22.8. The highest BCUT2D eigenvalue weighted by molar-refractivity contribution is 5.55. The molecule has 4 nitrogen and oxygen atoms in total. The average Bonchev–Trinajstić information content (AvgIpc) is 3.08. The molecule has 100 valence electrons. The van der Waals surface area contributed by atoms with Gasteiger partial charge in [-0.1, -0.05) is 0 Å². The molecule has 0 radical (unpaired) electrons. The van der Waals surface area contributed by atoms with Crippen molar-refractivity contribution in [1.82, 2.24) is 4.98 Å². The van der Waals surface area contributed by atoms with Crippen molar-refractivity contribution in [1.29, 1.82) is 5.26 Å². The Bertz CT molecular complexity index is 515. The Morgan fingerprint density at radius 3 is 3.11 bits per heavy atom. The van der Waals surface area contributed by atoms with Crippen molar-refractivity contribution in [3.8, 4) is 6.07 Å². The molecule has 1 N–H and O–H groups in total. The molecule has 0 aromatic carbocycles. The molecule has 2 heterocycles. The standard InChI is InChI=1S/C15H19N3O/c1-10(14-6-3-7-19-14)17-15-12(9-16)8-11-4-2-5-13(11)18-15/h8,10,14H,2-7H2,1H3,(H,17,18). The van der Waals surface area contributed by atoms with E-state index in [9.17, 15) is 5.26 Å². The van der Waals surface area contributed by atoms with Crippen LogP contribution in [-0.2, 0) is 17.6 Å². The Labute approximate surface area is 113 Å². The van der Waals surface area contributed by atoms with E-state index in [0.717, 1.165) is 50.2 Å². The van der Waals surface area contributed by atoms with Crippen LogP contribution in [-0.4, -0.2) is 23.7 Å². The Kier molecular flexibility index (Phi) is 3.39. The molecule has 1 aliphatic heterocycles. The molecule has 2 aliphatic rings. The lowest BCUT2D eigenvalue weighted by molar-refractivity contribution is 0.0995. The summed E-state index contributed by atoms with van der Waals surface area (Å²) < 4.78 is 5.68. The molecule has 0 amide bonds. The van der Waals surface area contributed by atoms with Crippen LogP contribution in [0.5, 0.6) is 0 Å². The first-order valence-corrected chi connectivity index (χ1v) is 7.09. The predicted octanol–water partition coefficient (Wildman–Crippen LogP) is 2.42. The number of nitriles is 1. The second-order valence-electron chi connectivity index (χ2n) is 5.44. The largest absolute Gasteiger partial charge is 0.376 e. The minimum Gasteiger partial charge on any atom is -0.376 e. The minimum absolute atomic E-state index is 0.196. The zero-order valence-corrected chi connectivity index (χ0v) is 11.3. The van der Waals surface area contributed by atoms with Gasteiger partial charge in [0.1, 0.15) is 11.9 Å². The number of aromatic nitrogens is 1. The van der Waals surface area contributed by atoms with Gasteiger partial charge in [0.05, 0.1) is 17.7 Å².